The van der Waals surface area contributed by atoms with E-state index in [9.17, 15) is 13.2 Å². The molecular formula is C22H27F3N4. The molecule has 7 heteroatoms. The average molecular weight is 404 g/mol. The van der Waals surface area contributed by atoms with Crippen molar-refractivity contribution in [2.75, 3.05) is 44.2 Å². The zero-order chi connectivity index (χ0) is 20.3. The van der Waals surface area contributed by atoms with Crippen molar-refractivity contribution in [3.8, 4) is 0 Å². The molecule has 1 atom stereocenters. The number of benzene rings is 1. The number of alkyl halides is 3. The van der Waals surface area contributed by atoms with Crippen molar-refractivity contribution in [2.24, 2.45) is 0 Å². The summed E-state index contributed by atoms with van der Waals surface area (Å²) in [6, 6.07) is 10.3. The Morgan fingerprint density at radius 2 is 1.83 bits per heavy atom. The van der Waals surface area contributed by atoms with E-state index in [0.29, 0.717) is 11.7 Å². The van der Waals surface area contributed by atoms with Crippen molar-refractivity contribution < 1.29 is 13.2 Å². The monoisotopic (exact) mass is 404 g/mol. The number of hydrogen-bond donors (Lipinski definition) is 0. The minimum Gasteiger partial charge on any atom is -0.369 e. The summed E-state index contributed by atoms with van der Waals surface area (Å²) in [5.74, 6) is 0. The third kappa shape index (κ3) is 5.08. The maximum Gasteiger partial charge on any atom is 0.416 e. The van der Waals surface area contributed by atoms with Gasteiger partial charge in [-0.05, 0) is 49.2 Å². The van der Waals surface area contributed by atoms with Gasteiger partial charge in [0, 0.05) is 63.4 Å². The number of hydrogen-bond acceptors (Lipinski definition) is 4. The fourth-order valence-corrected chi connectivity index (χ4v) is 4.45. The van der Waals surface area contributed by atoms with Gasteiger partial charge in [0.25, 0.3) is 0 Å². The summed E-state index contributed by atoms with van der Waals surface area (Å²) in [4.78, 5) is 11.3. The summed E-state index contributed by atoms with van der Waals surface area (Å²) in [5.41, 5.74) is 1.33. The van der Waals surface area contributed by atoms with Crippen LogP contribution in [-0.4, -0.2) is 60.1 Å². The molecule has 156 valence electrons. The van der Waals surface area contributed by atoms with E-state index in [-0.39, 0.29) is 0 Å². The molecule has 1 unspecified atom stereocenters. The van der Waals surface area contributed by atoms with Crippen LogP contribution in [-0.2, 0) is 12.7 Å². The second kappa shape index (κ2) is 8.71. The topological polar surface area (TPSA) is 22.6 Å². The Bertz CT molecular complexity index is 788. The van der Waals surface area contributed by atoms with Crippen LogP contribution in [0, 0.1) is 0 Å². The number of piperazine rings is 1. The molecule has 2 fully saturated rings. The predicted octanol–water partition coefficient (Wildman–Crippen LogP) is 3.89. The van der Waals surface area contributed by atoms with Gasteiger partial charge in [0.05, 0.1) is 5.56 Å². The number of aromatic nitrogens is 1. The first-order chi connectivity index (χ1) is 14.0. The average Bonchev–Trinajstić information content (AvgIpc) is 2.74. The molecular weight excluding hydrogens is 377 g/mol. The highest BCUT2D eigenvalue weighted by Gasteiger charge is 2.32. The van der Waals surface area contributed by atoms with E-state index in [2.05, 4.69) is 25.8 Å². The maximum absolute atomic E-state index is 13.0. The SMILES string of the molecule is FC(F)(F)c1cccc(N2CCN(C3CCCN(Cc4cccnc4)C3)CC2)c1. The molecule has 1 aromatic heterocycles. The van der Waals surface area contributed by atoms with Crippen LogP contribution in [0.1, 0.15) is 24.0 Å². The molecule has 2 aromatic rings. The summed E-state index contributed by atoms with van der Waals surface area (Å²) in [6.07, 6.45) is 1.80. The number of pyridine rings is 1. The second-order valence-electron chi connectivity index (χ2n) is 7.96. The van der Waals surface area contributed by atoms with E-state index in [1.165, 1.54) is 30.5 Å². The number of likely N-dealkylation sites (tertiary alicyclic amines) is 1. The Morgan fingerprint density at radius 3 is 2.55 bits per heavy atom. The molecule has 2 aliphatic heterocycles. The molecule has 2 aliphatic rings. The van der Waals surface area contributed by atoms with Gasteiger partial charge in [-0.2, -0.15) is 13.2 Å². The second-order valence-corrected chi connectivity index (χ2v) is 7.96. The number of rotatable bonds is 4. The first kappa shape index (κ1) is 20.2. The number of anilines is 1. The van der Waals surface area contributed by atoms with Crippen LogP contribution in [0.4, 0.5) is 18.9 Å². The summed E-state index contributed by atoms with van der Waals surface area (Å²) in [7, 11) is 0. The molecule has 0 spiro atoms. The Balaban J connectivity index is 1.32. The van der Waals surface area contributed by atoms with E-state index in [1.54, 1.807) is 12.3 Å². The lowest BCUT2D eigenvalue weighted by atomic mass is 10.0. The number of halogens is 3. The van der Waals surface area contributed by atoms with Gasteiger partial charge >= 0.3 is 6.18 Å². The smallest absolute Gasteiger partial charge is 0.369 e. The molecule has 4 rings (SSSR count). The van der Waals surface area contributed by atoms with Gasteiger partial charge in [-0.3, -0.25) is 14.8 Å². The van der Waals surface area contributed by atoms with E-state index < -0.39 is 11.7 Å². The Kier molecular flexibility index (Phi) is 6.06. The highest BCUT2D eigenvalue weighted by molar-refractivity contribution is 5.49. The molecule has 3 heterocycles. The molecule has 0 radical (unpaired) electrons. The molecule has 1 aromatic carbocycles. The van der Waals surface area contributed by atoms with Crippen molar-refractivity contribution in [3.63, 3.8) is 0 Å². The van der Waals surface area contributed by atoms with Crippen LogP contribution < -0.4 is 4.90 Å². The van der Waals surface area contributed by atoms with Gasteiger partial charge in [0.15, 0.2) is 0 Å². The molecule has 0 saturated carbocycles. The van der Waals surface area contributed by atoms with Gasteiger partial charge < -0.3 is 4.90 Å². The highest BCUT2D eigenvalue weighted by atomic mass is 19.4. The lowest BCUT2D eigenvalue weighted by molar-refractivity contribution is -0.137. The van der Waals surface area contributed by atoms with E-state index >= 15 is 0 Å². The van der Waals surface area contributed by atoms with E-state index in [0.717, 1.165) is 51.9 Å². The van der Waals surface area contributed by atoms with Crippen molar-refractivity contribution in [2.45, 2.75) is 31.6 Å². The van der Waals surface area contributed by atoms with Crippen LogP contribution in [0.3, 0.4) is 0 Å². The van der Waals surface area contributed by atoms with Crippen molar-refractivity contribution in [1.82, 2.24) is 14.8 Å². The van der Waals surface area contributed by atoms with Crippen molar-refractivity contribution >= 4 is 5.69 Å². The normalized spacial score (nSPS) is 22.0. The van der Waals surface area contributed by atoms with Gasteiger partial charge in [-0.15, -0.1) is 0 Å². The lowest BCUT2D eigenvalue weighted by Crippen LogP contribution is -2.55. The molecule has 29 heavy (non-hydrogen) atoms. The largest absolute Gasteiger partial charge is 0.416 e. The Hall–Kier alpha value is -2.12. The maximum atomic E-state index is 13.0. The predicted molar refractivity (Wildman–Crippen MR) is 108 cm³/mol. The highest BCUT2D eigenvalue weighted by Crippen LogP contribution is 2.32. The van der Waals surface area contributed by atoms with Gasteiger partial charge in [0.2, 0.25) is 0 Å². The number of piperidine rings is 1. The molecule has 4 nitrogen and oxygen atoms in total. The van der Waals surface area contributed by atoms with Crippen LogP contribution >= 0.6 is 0 Å². The van der Waals surface area contributed by atoms with E-state index in [1.807, 2.05) is 12.3 Å². The molecule has 0 amide bonds. The summed E-state index contributed by atoms with van der Waals surface area (Å²) in [6.45, 7) is 6.38. The van der Waals surface area contributed by atoms with Gasteiger partial charge in [-0.25, -0.2) is 0 Å². The van der Waals surface area contributed by atoms with Gasteiger partial charge in [0.1, 0.15) is 0 Å². The minimum absolute atomic E-state index is 0.518. The van der Waals surface area contributed by atoms with Crippen molar-refractivity contribution in [3.05, 3.63) is 59.9 Å². The molecule has 0 bridgehead atoms. The Morgan fingerprint density at radius 1 is 1.00 bits per heavy atom. The zero-order valence-electron chi connectivity index (χ0n) is 16.5. The van der Waals surface area contributed by atoms with Crippen LogP contribution in [0.25, 0.3) is 0 Å². The summed E-state index contributed by atoms with van der Waals surface area (Å²) in [5, 5.41) is 0. The van der Waals surface area contributed by atoms with Crippen molar-refractivity contribution in [1.29, 1.82) is 0 Å². The number of nitrogens with zero attached hydrogens (tertiary/aromatic N) is 4. The van der Waals surface area contributed by atoms with Crippen LogP contribution in [0.15, 0.2) is 48.8 Å². The van der Waals surface area contributed by atoms with Crippen LogP contribution in [0.2, 0.25) is 0 Å². The quantitative estimate of drug-likeness (QED) is 0.771. The zero-order valence-corrected chi connectivity index (χ0v) is 16.5. The lowest BCUT2D eigenvalue weighted by Gasteiger charge is -2.44. The summed E-state index contributed by atoms with van der Waals surface area (Å²) < 4.78 is 39.0. The molecule has 2 saturated heterocycles. The fraction of sp³-hybridized carbons (Fsp3) is 0.500. The Labute approximate surface area is 169 Å². The summed E-state index contributed by atoms with van der Waals surface area (Å²) >= 11 is 0. The minimum atomic E-state index is -4.29. The third-order valence-corrected chi connectivity index (χ3v) is 5.98. The standard InChI is InChI=1S/C22H27F3N4/c23-22(24,25)19-5-1-6-20(14-19)28-10-12-29(13-11-28)21-7-3-9-27(17-21)16-18-4-2-8-26-15-18/h1-2,4-6,8,14-15,21H,3,7,9-13,16-17H2. The van der Waals surface area contributed by atoms with Gasteiger partial charge in [-0.1, -0.05) is 12.1 Å². The van der Waals surface area contributed by atoms with E-state index in [4.69, 9.17) is 0 Å². The fourth-order valence-electron chi connectivity index (χ4n) is 4.45. The third-order valence-electron chi connectivity index (χ3n) is 5.98. The van der Waals surface area contributed by atoms with Crippen LogP contribution in [0.5, 0.6) is 0 Å². The molecule has 0 aliphatic carbocycles. The first-order valence-electron chi connectivity index (χ1n) is 10.3. The molecule has 0 N–H and O–H groups in total. The first-order valence-corrected chi connectivity index (χ1v) is 10.3.